The van der Waals surface area contributed by atoms with Gasteiger partial charge in [0.1, 0.15) is 0 Å². The molecule has 0 aliphatic carbocycles. The minimum atomic E-state index is -4.21. The summed E-state index contributed by atoms with van der Waals surface area (Å²) in [4.78, 5) is 1.91. The number of nitrogens with one attached hydrogen (secondary N) is 1. The van der Waals surface area contributed by atoms with Crippen LogP contribution in [0.3, 0.4) is 0 Å². The van der Waals surface area contributed by atoms with E-state index in [1.165, 1.54) is 0 Å². The number of nitriles is 1. The lowest BCUT2D eigenvalue weighted by atomic mass is 9.88. The maximum atomic E-state index is 12.3. The molecule has 0 amide bonds. The zero-order valence-corrected chi connectivity index (χ0v) is 11.6. The normalized spacial score (nSPS) is 23.7. The average molecular weight is 297 g/mol. The molecule has 1 aliphatic heterocycles. The summed E-state index contributed by atoms with van der Waals surface area (Å²) in [5.41, 5.74) is 1.11. The van der Waals surface area contributed by atoms with E-state index in [0.29, 0.717) is 19.5 Å². The number of nitrogens with zero attached hydrogens (tertiary/aromatic N) is 2. The minimum absolute atomic E-state index is 0.152. The Bertz CT molecular complexity index is 481. The summed E-state index contributed by atoms with van der Waals surface area (Å²) in [7, 11) is 0. The maximum absolute atomic E-state index is 12.3. The first-order valence-corrected chi connectivity index (χ1v) is 6.92. The monoisotopic (exact) mass is 297 g/mol. The van der Waals surface area contributed by atoms with Crippen LogP contribution in [0, 0.1) is 11.3 Å². The predicted molar refractivity (Wildman–Crippen MR) is 73.7 cm³/mol. The number of rotatable bonds is 4. The number of likely N-dealkylation sites (tertiary alicyclic amines) is 1. The molecule has 2 unspecified atom stereocenters. The van der Waals surface area contributed by atoms with Gasteiger partial charge in [-0.1, -0.05) is 30.3 Å². The third-order valence-electron chi connectivity index (χ3n) is 3.68. The van der Waals surface area contributed by atoms with E-state index < -0.39 is 12.7 Å². The van der Waals surface area contributed by atoms with Crippen LogP contribution < -0.4 is 5.32 Å². The van der Waals surface area contributed by atoms with Gasteiger partial charge in [0.15, 0.2) is 0 Å². The highest BCUT2D eigenvalue weighted by atomic mass is 19.4. The lowest BCUT2D eigenvalue weighted by Gasteiger charge is -2.37. The topological polar surface area (TPSA) is 39.1 Å². The Balaban J connectivity index is 2.03. The van der Waals surface area contributed by atoms with Gasteiger partial charge in [-0.05, 0) is 17.9 Å². The molecule has 0 spiro atoms. The first kappa shape index (κ1) is 15.8. The molecule has 1 aliphatic rings. The number of hydrogen-bond acceptors (Lipinski definition) is 3. The van der Waals surface area contributed by atoms with Crippen LogP contribution in [0.15, 0.2) is 30.3 Å². The Labute approximate surface area is 122 Å². The summed E-state index contributed by atoms with van der Waals surface area (Å²) in [6, 6.07) is 11.6. The Morgan fingerprint density at radius 2 is 1.95 bits per heavy atom. The number of alkyl halides is 3. The molecule has 0 bridgehead atoms. The Hall–Kier alpha value is -1.58. The number of hydrogen-bond donors (Lipinski definition) is 1. The van der Waals surface area contributed by atoms with E-state index >= 15 is 0 Å². The van der Waals surface area contributed by atoms with Crippen LogP contribution in [0.1, 0.15) is 17.9 Å². The molecule has 1 heterocycles. The summed E-state index contributed by atoms with van der Waals surface area (Å²) >= 11 is 0. The van der Waals surface area contributed by atoms with Crippen molar-refractivity contribution in [1.29, 1.82) is 5.26 Å². The zero-order valence-electron chi connectivity index (χ0n) is 11.6. The van der Waals surface area contributed by atoms with Crippen molar-refractivity contribution < 1.29 is 13.2 Å². The molecule has 1 aromatic rings. The highest BCUT2D eigenvalue weighted by molar-refractivity contribution is 5.21. The van der Waals surface area contributed by atoms with Crippen LogP contribution in [0.4, 0.5) is 13.2 Å². The maximum Gasteiger partial charge on any atom is 0.401 e. The van der Waals surface area contributed by atoms with E-state index in [-0.39, 0.29) is 18.5 Å². The smallest absolute Gasteiger partial charge is 0.305 e. The van der Waals surface area contributed by atoms with Gasteiger partial charge >= 0.3 is 6.18 Å². The van der Waals surface area contributed by atoms with E-state index in [0.717, 1.165) is 5.56 Å². The molecule has 1 saturated heterocycles. The third kappa shape index (κ3) is 5.03. The van der Waals surface area contributed by atoms with Crippen LogP contribution in [-0.4, -0.2) is 43.3 Å². The second-order valence-corrected chi connectivity index (χ2v) is 5.39. The first-order valence-electron chi connectivity index (χ1n) is 6.92. The van der Waals surface area contributed by atoms with Crippen molar-refractivity contribution in [1.82, 2.24) is 10.2 Å². The molecular weight excluding hydrogens is 279 g/mol. The fourth-order valence-electron chi connectivity index (χ4n) is 2.79. The highest BCUT2D eigenvalue weighted by Crippen LogP contribution is 2.27. The van der Waals surface area contributed by atoms with Crippen LogP contribution in [0.25, 0.3) is 0 Å². The van der Waals surface area contributed by atoms with Crippen molar-refractivity contribution in [2.75, 3.05) is 26.2 Å². The first-order chi connectivity index (χ1) is 9.98. The van der Waals surface area contributed by atoms with Gasteiger partial charge in [0.25, 0.3) is 0 Å². The van der Waals surface area contributed by atoms with E-state index in [4.69, 9.17) is 5.26 Å². The van der Waals surface area contributed by atoms with Gasteiger partial charge in [-0.3, -0.25) is 4.90 Å². The predicted octanol–water partition coefficient (Wildman–Crippen LogP) is 2.52. The van der Waals surface area contributed by atoms with Gasteiger partial charge in [-0.2, -0.15) is 18.4 Å². The molecule has 3 nitrogen and oxygen atoms in total. The van der Waals surface area contributed by atoms with Crippen molar-refractivity contribution in [3.8, 4) is 6.07 Å². The number of benzene rings is 1. The van der Waals surface area contributed by atoms with E-state index in [1.807, 2.05) is 35.2 Å². The molecule has 6 heteroatoms. The van der Waals surface area contributed by atoms with E-state index in [1.54, 1.807) is 0 Å². The highest BCUT2D eigenvalue weighted by Gasteiger charge is 2.32. The third-order valence-corrected chi connectivity index (χ3v) is 3.68. The zero-order chi connectivity index (χ0) is 15.3. The molecule has 2 atom stereocenters. The summed E-state index contributed by atoms with van der Waals surface area (Å²) in [6.45, 7) is 0.446. The fraction of sp³-hybridized carbons (Fsp3) is 0.533. The molecule has 114 valence electrons. The Kier molecular flexibility index (Phi) is 5.21. The Morgan fingerprint density at radius 3 is 2.57 bits per heavy atom. The van der Waals surface area contributed by atoms with Gasteiger partial charge < -0.3 is 5.32 Å². The van der Waals surface area contributed by atoms with E-state index in [2.05, 4.69) is 11.4 Å². The second-order valence-electron chi connectivity index (χ2n) is 5.39. The quantitative estimate of drug-likeness (QED) is 0.868. The molecule has 0 radical (unpaired) electrons. The van der Waals surface area contributed by atoms with Gasteiger partial charge in [-0.25, -0.2) is 0 Å². The Morgan fingerprint density at radius 1 is 1.24 bits per heavy atom. The molecule has 1 aromatic carbocycles. The van der Waals surface area contributed by atoms with Gasteiger partial charge in [0, 0.05) is 19.1 Å². The van der Waals surface area contributed by atoms with Gasteiger partial charge in [0.2, 0.25) is 0 Å². The van der Waals surface area contributed by atoms with Crippen molar-refractivity contribution in [3.05, 3.63) is 35.9 Å². The second kappa shape index (κ2) is 6.92. The van der Waals surface area contributed by atoms with Crippen LogP contribution >= 0.6 is 0 Å². The van der Waals surface area contributed by atoms with Crippen molar-refractivity contribution in [3.63, 3.8) is 0 Å². The molecule has 1 fully saturated rings. The fourth-order valence-corrected chi connectivity index (χ4v) is 2.79. The van der Waals surface area contributed by atoms with Gasteiger partial charge in [0.05, 0.1) is 19.2 Å². The SMILES string of the molecule is N#CCN1CC(NCC(F)(F)F)CC(c2ccccc2)C1. The van der Waals surface area contributed by atoms with Crippen LogP contribution in [-0.2, 0) is 0 Å². The molecule has 0 saturated carbocycles. The molecular formula is C15H18F3N3. The average Bonchev–Trinajstić information content (AvgIpc) is 2.46. The summed E-state index contributed by atoms with van der Waals surface area (Å²) in [5.74, 6) is 0.152. The van der Waals surface area contributed by atoms with Crippen molar-refractivity contribution in [2.24, 2.45) is 0 Å². The lowest BCUT2D eigenvalue weighted by molar-refractivity contribution is -0.127. The minimum Gasteiger partial charge on any atom is -0.305 e. The molecule has 1 N–H and O–H groups in total. The molecule has 0 aromatic heterocycles. The van der Waals surface area contributed by atoms with E-state index in [9.17, 15) is 13.2 Å². The summed E-state index contributed by atoms with van der Waals surface area (Å²) < 4.78 is 37.0. The summed E-state index contributed by atoms with van der Waals surface area (Å²) in [5, 5.41) is 11.4. The van der Waals surface area contributed by atoms with Crippen LogP contribution in [0.2, 0.25) is 0 Å². The molecule has 21 heavy (non-hydrogen) atoms. The van der Waals surface area contributed by atoms with Gasteiger partial charge in [-0.15, -0.1) is 0 Å². The van der Waals surface area contributed by atoms with Crippen molar-refractivity contribution in [2.45, 2.75) is 24.6 Å². The number of piperidine rings is 1. The standard InChI is InChI=1S/C15H18F3N3/c16-15(17,18)11-20-14-8-13(9-21(10-14)7-6-19)12-4-2-1-3-5-12/h1-5,13-14,20H,7-11H2. The lowest BCUT2D eigenvalue weighted by Crippen LogP contribution is -2.50. The molecule has 2 rings (SSSR count). The largest absolute Gasteiger partial charge is 0.401 e. The number of halogens is 3. The van der Waals surface area contributed by atoms with Crippen LogP contribution in [0.5, 0.6) is 0 Å². The van der Waals surface area contributed by atoms with Crippen molar-refractivity contribution >= 4 is 0 Å². The summed E-state index contributed by atoms with van der Waals surface area (Å²) in [6.07, 6.45) is -3.55.